The zero-order valence-electron chi connectivity index (χ0n) is 51.3. The summed E-state index contributed by atoms with van der Waals surface area (Å²) >= 11 is 2.51. The Balaban J connectivity index is 0.00000291. The molecule has 0 heterocycles. The molecule has 0 aromatic heterocycles. The van der Waals surface area contributed by atoms with Crippen molar-refractivity contribution in [1.82, 2.24) is 0 Å². The molecule has 0 spiro atoms. The second kappa shape index (κ2) is 26.9. The summed E-state index contributed by atoms with van der Waals surface area (Å²) < 4.78 is 1.42. The van der Waals surface area contributed by atoms with Crippen molar-refractivity contribution >= 4 is 23.6 Å². The van der Waals surface area contributed by atoms with Crippen molar-refractivity contribution in [3.05, 3.63) is 328 Å². The third kappa shape index (κ3) is 10.9. The van der Waals surface area contributed by atoms with E-state index in [0.29, 0.717) is 0 Å². The van der Waals surface area contributed by atoms with Crippen LogP contribution in [0.4, 0.5) is 0 Å². The van der Waals surface area contributed by atoms with E-state index in [-0.39, 0.29) is 37.2 Å². The maximum atomic E-state index is 2.70. The summed E-state index contributed by atoms with van der Waals surface area (Å²) in [6.07, 6.45) is 0. The number of hydrogen-bond donors (Lipinski definition) is 0. The van der Waals surface area contributed by atoms with E-state index in [4.69, 9.17) is 0 Å². The van der Waals surface area contributed by atoms with Crippen molar-refractivity contribution in [2.75, 3.05) is 0 Å². The Labute approximate surface area is 558 Å². The van der Waals surface area contributed by atoms with Gasteiger partial charge in [0.25, 0.3) is 0 Å². The van der Waals surface area contributed by atoms with E-state index in [2.05, 4.69) is 360 Å². The number of rotatable bonds is 13. The second-order valence-electron chi connectivity index (χ2n) is 23.5. The average molecular weight is 1260 g/mol. The summed E-state index contributed by atoms with van der Waals surface area (Å²) in [5, 5.41) is 3.64. The van der Waals surface area contributed by atoms with Crippen LogP contribution in [0.2, 0.25) is 5.04 Å². The molecular weight excluding hydrogens is 1190 g/mol. The van der Waals surface area contributed by atoms with Gasteiger partial charge in [-0.05, 0) is 0 Å². The van der Waals surface area contributed by atoms with Gasteiger partial charge < -0.3 is 37.2 Å². The smallest absolute Gasteiger partial charge is 1.00 e. The SMILES string of the molecule is CC1=C(C)C(C)([Si](c2c(C)cc(-c3ccccc3)c(-c3ccccc3)c2-c2ccccc2)(c2c(C)cc(-c3ccccc3)c(-c3ccccc3)c2-c2ccccc2)c2c(C)cc(-c3ccccc3)c(-c3ccccc3)c2-c2ccccc2)[C]([Ti+3])=C1C.[Cl-].[Cl-].[Cl-]. The van der Waals surface area contributed by atoms with Gasteiger partial charge in [0.05, 0.1) is 0 Å². The van der Waals surface area contributed by atoms with Gasteiger partial charge in [-0.25, -0.2) is 0 Å². The quantitative estimate of drug-likeness (QED) is 0.0797. The number of aryl methyl sites for hydroxylation is 3. The van der Waals surface area contributed by atoms with Crippen LogP contribution in [0.25, 0.3) is 100 Å². The molecular formula is C84H69Cl3SiTi. The number of halogens is 3. The zero-order valence-corrected chi connectivity index (χ0v) is 56.2. The Morgan fingerprint density at radius 1 is 0.258 bits per heavy atom. The number of allylic oxidation sites excluding steroid dienone is 4. The molecule has 12 aromatic carbocycles. The molecule has 434 valence electrons. The van der Waals surface area contributed by atoms with Gasteiger partial charge in [-0.1, -0.05) is 0 Å². The van der Waals surface area contributed by atoms with E-state index >= 15 is 0 Å². The first-order valence-electron chi connectivity index (χ1n) is 30.2. The molecule has 12 aromatic rings. The minimum absolute atomic E-state index is 0. The van der Waals surface area contributed by atoms with Crippen molar-refractivity contribution in [3.63, 3.8) is 0 Å². The van der Waals surface area contributed by atoms with E-state index in [0.717, 1.165) is 0 Å². The predicted octanol–water partition coefficient (Wildman–Crippen LogP) is 12.0. The number of hydrogen-bond acceptors (Lipinski definition) is 0. The maximum absolute atomic E-state index is 4.12. The molecule has 0 radical (unpaired) electrons. The first-order valence-corrected chi connectivity index (χ1v) is 33.0. The topological polar surface area (TPSA) is 0 Å². The Hall–Kier alpha value is -8.08. The van der Waals surface area contributed by atoms with Crippen molar-refractivity contribution < 1.29 is 57.7 Å². The van der Waals surface area contributed by atoms with Crippen molar-refractivity contribution in [2.45, 2.75) is 53.5 Å². The van der Waals surface area contributed by atoms with Crippen LogP contribution in [-0.2, 0) is 20.4 Å². The summed E-state index contributed by atoms with van der Waals surface area (Å²) in [7, 11) is -4.12. The van der Waals surface area contributed by atoms with Gasteiger partial charge in [-0.15, -0.1) is 0 Å². The van der Waals surface area contributed by atoms with Gasteiger partial charge in [0.2, 0.25) is 0 Å². The summed E-state index contributed by atoms with van der Waals surface area (Å²) in [5.74, 6) is 0. The van der Waals surface area contributed by atoms with Gasteiger partial charge in [0.15, 0.2) is 0 Å². The van der Waals surface area contributed by atoms with Crippen LogP contribution < -0.4 is 52.8 Å². The van der Waals surface area contributed by atoms with Crippen molar-refractivity contribution in [1.29, 1.82) is 0 Å². The summed E-state index contributed by atoms with van der Waals surface area (Å²) in [5.41, 5.74) is 29.9. The molecule has 0 fully saturated rings. The number of benzene rings is 12. The molecule has 1 aliphatic carbocycles. The van der Waals surface area contributed by atoms with Crippen molar-refractivity contribution in [3.8, 4) is 100 Å². The summed E-state index contributed by atoms with van der Waals surface area (Å²) in [6, 6.07) is 110. The molecule has 0 saturated carbocycles. The Bertz CT molecular complexity index is 4090. The molecule has 13 rings (SSSR count). The zero-order chi connectivity index (χ0) is 59.1. The summed E-state index contributed by atoms with van der Waals surface area (Å²) in [4.78, 5) is 0. The Morgan fingerprint density at radius 2 is 0.449 bits per heavy atom. The molecule has 89 heavy (non-hydrogen) atoms. The molecule has 0 bridgehead atoms. The van der Waals surface area contributed by atoms with E-state index in [1.54, 1.807) is 0 Å². The van der Waals surface area contributed by atoms with Crippen LogP contribution >= 0.6 is 0 Å². The normalized spacial score (nSPS) is 13.8. The van der Waals surface area contributed by atoms with Gasteiger partial charge in [0.1, 0.15) is 0 Å². The molecule has 0 aliphatic heterocycles. The molecule has 0 saturated heterocycles. The first kappa shape index (κ1) is 63.9. The fourth-order valence-electron chi connectivity index (χ4n) is 14.8. The van der Waals surface area contributed by atoms with Gasteiger partial charge in [-0.2, -0.15) is 0 Å². The van der Waals surface area contributed by atoms with Crippen LogP contribution in [0.1, 0.15) is 44.4 Å². The van der Waals surface area contributed by atoms with E-state index in [1.807, 2.05) is 0 Å². The van der Waals surface area contributed by atoms with Crippen LogP contribution in [-0.4, -0.2) is 8.07 Å². The molecule has 1 aliphatic rings. The van der Waals surface area contributed by atoms with Crippen LogP contribution in [0, 0.1) is 20.8 Å². The van der Waals surface area contributed by atoms with Crippen molar-refractivity contribution in [2.24, 2.45) is 0 Å². The fraction of sp³-hybridized carbons (Fsp3) is 0.0952. The molecule has 0 amide bonds. The van der Waals surface area contributed by atoms with E-state index in [1.165, 1.54) is 153 Å². The monoisotopic (exact) mass is 1260 g/mol. The molecule has 1 atom stereocenters. The molecule has 0 N–H and O–H groups in total. The van der Waals surface area contributed by atoms with Gasteiger partial charge >= 0.3 is 526 Å². The third-order valence-corrected chi connectivity index (χ3v) is 26.9. The van der Waals surface area contributed by atoms with Crippen LogP contribution in [0.5, 0.6) is 0 Å². The Morgan fingerprint density at radius 3 is 0.640 bits per heavy atom. The van der Waals surface area contributed by atoms with E-state index < -0.39 is 13.1 Å². The van der Waals surface area contributed by atoms with Gasteiger partial charge in [0, 0.05) is 0 Å². The van der Waals surface area contributed by atoms with Gasteiger partial charge in [-0.3, -0.25) is 0 Å². The molecule has 5 heteroatoms. The van der Waals surface area contributed by atoms with E-state index in [9.17, 15) is 0 Å². The molecule has 1 unspecified atom stereocenters. The van der Waals surface area contributed by atoms with Crippen LogP contribution in [0.3, 0.4) is 0 Å². The summed E-state index contributed by atoms with van der Waals surface area (Å²) in [6.45, 7) is 17.5. The molecule has 0 nitrogen and oxygen atoms in total. The van der Waals surface area contributed by atoms with Crippen LogP contribution in [0.15, 0.2) is 312 Å². The standard InChI is InChI=1S/C84H69Si.3ClH.Ti/c1-57-53-72(63-35-17-8-18-36-63)75(66-41-23-11-24-42-66)78(69-47-29-14-30-48-69)81(57)85(84(7)56-60(4)61(5)62(84)6,82-58(2)54-73(64-37-19-9-20-38-64)76(67-43-25-12-26-44-67)79(82)70-49-31-15-32-50-70)83-59(3)55-74(65-39-21-10-22-40-65)77(68-45-27-13-28-46-68)80(83)71-51-33-16-34-52-71;;;;/h8-55H,1-7H3;3*1H;/q;;;;+3/p-3. The average Bonchev–Trinajstić information content (AvgIpc) is 1.64. The third-order valence-electron chi connectivity index (χ3n) is 18.8. The first-order chi connectivity index (χ1) is 42.0. The minimum atomic E-state index is -4.12. The minimum Gasteiger partial charge on any atom is -1.00 e. The maximum Gasteiger partial charge on any atom is -1.00 e. The largest absolute Gasteiger partial charge is 1.00 e. The second-order valence-corrected chi connectivity index (χ2v) is 28.3. The predicted molar refractivity (Wildman–Crippen MR) is 367 cm³/mol. The fourth-order valence-corrected chi connectivity index (χ4v) is 23.8. The Kier molecular flexibility index (Phi) is 19.4.